The molecule has 2 N–H and O–H groups in total. The van der Waals surface area contributed by atoms with Gasteiger partial charge in [0, 0.05) is 37.1 Å². The summed E-state index contributed by atoms with van der Waals surface area (Å²) >= 11 is 6.26. The minimum atomic E-state index is -0.166. The number of nitrogens with two attached hydrogens (primary N) is 1. The summed E-state index contributed by atoms with van der Waals surface area (Å²) in [5, 5.41) is 1.57. The number of piperazine rings is 1. The number of nitrogens with zero attached hydrogens (tertiary/aromatic N) is 3. The highest BCUT2D eigenvalue weighted by molar-refractivity contribution is 6.35. The van der Waals surface area contributed by atoms with Crippen LogP contribution in [0.4, 0.5) is 5.82 Å². The first-order valence-electron chi connectivity index (χ1n) is 7.31. The molecule has 1 amide bonds. The van der Waals surface area contributed by atoms with E-state index in [0.29, 0.717) is 18.1 Å². The van der Waals surface area contributed by atoms with Crippen molar-refractivity contribution in [1.82, 2.24) is 9.88 Å². The van der Waals surface area contributed by atoms with Gasteiger partial charge in [0.25, 0.3) is 0 Å². The molecule has 6 heteroatoms. The van der Waals surface area contributed by atoms with Crippen LogP contribution >= 0.6 is 11.6 Å². The molecule has 1 saturated heterocycles. The number of likely N-dealkylation sites (N-methyl/N-ethyl adjacent to an activating group) is 1. The molecule has 0 radical (unpaired) electrons. The van der Waals surface area contributed by atoms with Crippen LogP contribution in [-0.4, -0.2) is 42.5 Å². The van der Waals surface area contributed by atoms with Crippen molar-refractivity contribution in [3.63, 3.8) is 0 Å². The molecule has 116 valence electrons. The Balaban J connectivity index is 2.12. The van der Waals surface area contributed by atoms with Crippen LogP contribution in [0.3, 0.4) is 0 Å². The quantitative estimate of drug-likeness (QED) is 0.922. The molecule has 1 atom stereocenters. The predicted molar refractivity (Wildman–Crippen MR) is 89.2 cm³/mol. The fraction of sp³-hybridized carbons (Fsp3) is 0.375. The van der Waals surface area contributed by atoms with Crippen molar-refractivity contribution in [2.24, 2.45) is 5.73 Å². The van der Waals surface area contributed by atoms with Gasteiger partial charge in [0.2, 0.25) is 5.91 Å². The zero-order chi connectivity index (χ0) is 15.9. The molecule has 0 saturated carbocycles. The van der Waals surface area contributed by atoms with E-state index in [9.17, 15) is 4.79 Å². The van der Waals surface area contributed by atoms with Gasteiger partial charge < -0.3 is 15.5 Å². The Labute approximate surface area is 134 Å². The van der Waals surface area contributed by atoms with E-state index in [1.807, 2.05) is 43.1 Å². The molecule has 5 nitrogen and oxygen atoms in total. The molecule has 1 aliphatic rings. The van der Waals surface area contributed by atoms with Crippen molar-refractivity contribution in [2.75, 3.05) is 31.6 Å². The van der Waals surface area contributed by atoms with Crippen molar-refractivity contribution in [3.8, 4) is 0 Å². The zero-order valence-electron chi connectivity index (χ0n) is 12.7. The summed E-state index contributed by atoms with van der Waals surface area (Å²) in [7, 11) is 1.82. The third-order valence-corrected chi connectivity index (χ3v) is 4.36. The van der Waals surface area contributed by atoms with E-state index in [0.717, 1.165) is 28.8 Å². The maximum absolute atomic E-state index is 12.0. The number of halogens is 1. The second kappa shape index (κ2) is 5.74. The number of anilines is 1. The summed E-state index contributed by atoms with van der Waals surface area (Å²) in [4.78, 5) is 20.4. The highest BCUT2D eigenvalue weighted by Crippen LogP contribution is 2.31. The van der Waals surface area contributed by atoms with Gasteiger partial charge in [-0.3, -0.25) is 4.79 Å². The second-order valence-electron chi connectivity index (χ2n) is 5.74. The zero-order valence-corrected chi connectivity index (χ0v) is 13.5. The number of benzene rings is 1. The number of rotatable bonds is 2. The van der Waals surface area contributed by atoms with E-state index in [1.165, 1.54) is 0 Å². The summed E-state index contributed by atoms with van der Waals surface area (Å²) in [5.41, 5.74) is 7.80. The lowest BCUT2D eigenvalue weighted by molar-refractivity contribution is -0.129. The fourth-order valence-corrected chi connectivity index (χ4v) is 2.92. The van der Waals surface area contributed by atoms with E-state index in [4.69, 9.17) is 22.3 Å². The van der Waals surface area contributed by atoms with Crippen LogP contribution < -0.4 is 10.6 Å². The number of hydrogen-bond acceptors (Lipinski definition) is 4. The Morgan fingerprint density at radius 2 is 2.14 bits per heavy atom. The van der Waals surface area contributed by atoms with E-state index in [1.54, 1.807) is 4.90 Å². The highest BCUT2D eigenvalue weighted by atomic mass is 35.5. The summed E-state index contributed by atoms with van der Waals surface area (Å²) < 4.78 is 0. The van der Waals surface area contributed by atoms with Gasteiger partial charge in [-0.05, 0) is 19.1 Å². The Kier molecular flexibility index (Phi) is 3.93. The van der Waals surface area contributed by atoms with Crippen LogP contribution in [0.15, 0.2) is 24.3 Å². The van der Waals surface area contributed by atoms with Crippen molar-refractivity contribution >= 4 is 34.2 Å². The Morgan fingerprint density at radius 1 is 1.36 bits per heavy atom. The first-order chi connectivity index (χ1) is 10.5. The second-order valence-corrected chi connectivity index (χ2v) is 6.15. The minimum Gasteiger partial charge on any atom is -0.345 e. The van der Waals surface area contributed by atoms with Gasteiger partial charge in [-0.1, -0.05) is 23.7 Å². The maximum atomic E-state index is 12.0. The first-order valence-corrected chi connectivity index (χ1v) is 7.69. The molecule has 22 heavy (non-hydrogen) atoms. The van der Waals surface area contributed by atoms with E-state index < -0.39 is 0 Å². The number of fused-ring (bicyclic) bond motifs is 1. The summed E-state index contributed by atoms with van der Waals surface area (Å²) in [6.07, 6.45) is 0. The largest absolute Gasteiger partial charge is 0.345 e. The molecule has 1 fully saturated rings. The number of para-hydroxylation sites is 1. The number of hydrogen-bond donors (Lipinski definition) is 1. The molecule has 0 aliphatic carbocycles. The van der Waals surface area contributed by atoms with Gasteiger partial charge in [0.1, 0.15) is 5.82 Å². The minimum absolute atomic E-state index is 0.0860. The van der Waals surface area contributed by atoms with Gasteiger partial charge in [0.05, 0.1) is 17.1 Å². The average molecular weight is 319 g/mol. The van der Waals surface area contributed by atoms with Crippen molar-refractivity contribution in [2.45, 2.75) is 13.0 Å². The van der Waals surface area contributed by atoms with Crippen molar-refractivity contribution < 1.29 is 4.79 Å². The molecule has 0 bridgehead atoms. The molecule has 1 aliphatic heterocycles. The molecule has 0 spiro atoms. The van der Waals surface area contributed by atoms with Crippen LogP contribution in [0.2, 0.25) is 5.02 Å². The number of amides is 1. The van der Waals surface area contributed by atoms with E-state index in [2.05, 4.69) is 0 Å². The summed E-state index contributed by atoms with van der Waals surface area (Å²) in [6.45, 7) is 3.67. The third kappa shape index (κ3) is 2.62. The normalized spacial score (nSPS) is 17.2. The lowest BCUT2D eigenvalue weighted by Crippen LogP contribution is -2.49. The number of pyridine rings is 1. The topological polar surface area (TPSA) is 62.5 Å². The molecular formula is C16H19ClN4O. The third-order valence-electron chi connectivity index (χ3n) is 4.05. The smallest absolute Gasteiger partial charge is 0.241 e. The van der Waals surface area contributed by atoms with Crippen LogP contribution in [0.5, 0.6) is 0 Å². The Morgan fingerprint density at radius 3 is 2.82 bits per heavy atom. The lowest BCUT2D eigenvalue weighted by Gasteiger charge is -2.34. The molecule has 2 aromatic rings. The van der Waals surface area contributed by atoms with Gasteiger partial charge >= 0.3 is 0 Å². The van der Waals surface area contributed by atoms with Crippen LogP contribution in [0.1, 0.15) is 18.5 Å². The van der Waals surface area contributed by atoms with Gasteiger partial charge in [-0.15, -0.1) is 0 Å². The van der Waals surface area contributed by atoms with Gasteiger partial charge in [-0.25, -0.2) is 4.98 Å². The Hall–Kier alpha value is -1.85. The van der Waals surface area contributed by atoms with Gasteiger partial charge in [0.15, 0.2) is 0 Å². The lowest BCUT2D eigenvalue weighted by atomic mass is 10.1. The fourth-order valence-electron chi connectivity index (χ4n) is 2.70. The molecule has 1 unspecified atom stereocenters. The molecule has 3 rings (SSSR count). The number of aromatic nitrogens is 1. The van der Waals surface area contributed by atoms with Crippen molar-refractivity contribution in [3.05, 3.63) is 34.9 Å². The van der Waals surface area contributed by atoms with Gasteiger partial charge in [-0.2, -0.15) is 0 Å². The maximum Gasteiger partial charge on any atom is 0.241 e. The molecule has 1 aromatic heterocycles. The predicted octanol–water partition coefficient (Wildman–Crippen LogP) is 2.19. The molecular weight excluding hydrogens is 300 g/mol. The van der Waals surface area contributed by atoms with E-state index in [-0.39, 0.29) is 11.9 Å². The molecule has 2 heterocycles. The van der Waals surface area contributed by atoms with Crippen LogP contribution in [0.25, 0.3) is 10.9 Å². The number of carbonyl (C=O) groups is 1. The van der Waals surface area contributed by atoms with Crippen LogP contribution in [0, 0.1) is 0 Å². The summed E-state index contributed by atoms with van der Waals surface area (Å²) in [6, 6.07) is 7.55. The van der Waals surface area contributed by atoms with Crippen LogP contribution in [-0.2, 0) is 4.79 Å². The first kappa shape index (κ1) is 15.1. The SMILES string of the molecule is CC(N)c1cc2cccc(Cl)c2nc1N1CCN(C)C(=O)C1. The van der Waals surface area contributed by atoms with E-state index >= 15 is 0 Å². The number of carbonyl (C=O) groups excluding carboxylic acids is 1. The van der Waals surface area contributed by atoms with Crippen molar-refractivity contribution in [1.29, 1.82) is 0 Å². The standard InChI is InChI=1S/C16H19ClN4O/c1-10(18)12-8-11-4-3-5-13(17)15(11)19-16(12)21-7-6-20(2)14(22)9-21/h3-5,8,10H,6-7,9,18H2,1-2H3. The summed E-state index contributed by atoms with van der Waals surface area (Å²) in [5.74, 6) is 0.847. The molecule has 1 aromatic carbocycles. The average Bonchev–Trinajstić information content (AvgIpc) is 2.49. The Bertz CT molecular complexity index is 731. The monoisotopic (exact) mass is 318 g/mol. The highest BCUT2D eigenvalue weighted by Gasteiger charge is 2.25.